The third-order valence-corrected chi connectivity index (χ3v) is 4.44. The van der Waals surface area contributed by atoms with Crippen LogP contribution in [0.3, 0.4) is 0 Å². The molecule has 0 radical (unpaired) electrons. The van der Waals surface area contributed by atoms with Crippen LogP contribution in [0.1, 0.15) is 5.82 Å². The van der Waals surface area contributed by atoms with Crippen molar-refractivity contribution in [3.05, 3.63) is 12.2 Å². The number of aliphatic hydroxyl groups excluding tert-OH is 1. The quantitative estimate of drug-likeness (QED) is 0.656. The molecule has 2 N–H and O–H groups in total. The van der Waals surface area contributed by atoms with E-state index in [1.54, 1.807) is 18.1 Å². The van der Waals surface area contributed by atoms with E-state index in [2.05, 4.69) is 15.4 Å². The Morgan fingerprint density at radius 3 is 2.88 bits per heavy atom. The van der Waals surface area contributed by atoms with Gasteiger partial charge in [-0.3, -0.25) is 4.68 Å². The van der Waals surface area contributed by atoms with E-state index >= 15 is 0 Å². The molecule has 2 atom stereocenters. The lowest BCUT2D eigenvalue weighted by Gasteiger charge is -2.13. The maximum Gasteiger partial charge on any atom is 0.154 e. The van der Waals surface area contributed by atoms with Crippen LogP contribution in [0.4, 0.5) is 0 Å². The lowest BCUT2D eigenvalue weighted by atomic mass is 10.2. The van der Waals surface area contributed by atoms with Crippen LogP contribution in [0.25, 0.3) is 0 Å². The van der Waals surface area contributed by atoms with Gasteiger partial charge in [0.2, 0.25) is 0 Å². The molecule has 1 fully saturated rings. The molecule has 0 amide bonds. The maximum atomic E-state index is 11.3. The van der Waals surface area contributed by atoms with Gasteiger partial charge in [-0.15, -0.1) is 0 Å². The first-order valence-corrected chi connectivity index (χ1v) is 7.25. The number of aryl methyl sites for hydroxylation is 1. The second kappa shape index (κ2) is 4.71. The molecule has 0 bridgehead atoms. The minimum Gasteiger partial charge on any atom is -0.390 e. The highest BCUT2D eigenvalue weighted by molar-refractivity contribution is 7.91. The third-order valence-electron chi connectivity index (χ3n) is 2.72. The molecule has 1 aliphatic heterocycles. The number of rotatable bonds is 4. The van der Waals surface area contributed by atoms with Gasteiger partial charge in [0.15, 0.2) is 15.7 Å². The molecular formula is C9H16N4O3S. The largest absolute Gasteiger partial charge is 0.390 e. The van der Waals surface area contributed by atoms with Crippen LogP contribution >= 0.6 is 0 Å². The Kier molecular flexibility index (Phi) is 3.45. The first-order valence-electron chi connectivity index (χ1n) is 5.43. The van der Waals surface area contributed by atoms with Gasteiger partial charge < -0.3 is 10.4 Å². The average molecular weight is 260 g/mol. The van der Waals surface area contributed by atoms with Crippen LogP contribution in [-0.2, 0) is 23.3 Å². The van der Waals surface area contributed by atoms with E-state index in [1.807, 2.05) is 0 Å². The summed E-state index contributed by atoms with van der Waals surface area (Å²) in [6, 6.07) is -0.372. The van der Waals surface area contributed by atoms with Crippen molar-refractivity contribution in [2.75, 3.05) is 18.1 Å². The SMILES string of the molecule is Cn1cnc(CCNC2CS(=O)(=O)CC2O)n1. The molecule has 1 saturated heterocycles. The Labute approximate surface area is 99.8 Å². The van der Waals surface area contributed by atoms with E-state index in [0.717, 1.165) is 0 Å². The molecule has 2 unspecified atom stereocenters. The summed E-state index contributed by atoms with van der Waals surface area (Å²) in [6.45, 7) is 0.557. The van der Waals surface area contributed by atoms with E-state index in [-0.39, 0.29) is 17.5 Å². The van der Waals surface area contributed by atoms with Gasteiger partial charge in [-0.25, -0.2) is 13.4 Å². The van der Waals surface area contributed by atoms with Crippen LogP contribution in [-0.4, -0.2) is 58.5 Å². The molecule has 2 rings (SSSR count). The highest BCUT2D eigenvalue weighted by Crippen LogP contribution is 2.12. The van der Waals surface area contributed by atoms with Gasteiger partial charge in [0, 0.05) is 26.1 Å². The molecular weight excluding hydrogens is 244 g/mol. The van der Waals surface area contributed by atoms with Gasteiger partial charge in [0.1, 0.15) is 6.33 Å². The molecule has 1 aromatic heterocycles. The first-order chi connectivity index (χ1) is 7.96. The standard InChI is InChI=1S/C9H16N4O3S/c1-13-6-11-9(12-13)2-3-10-7-4-17(15,16)5-8(7)14/h6-8,10,14H,2-5H2,1H3. The molecule has 0 aliphatic carbocycles. The Balaban J connectivity index is 1.79. The fraction of sp³-hybridized carbons (Fsp3) is 0.778. The van der Waals surface area contributed by atoms with E-state index in [4.69, 9.17) is 0 Å². The summed E-state index contributed by atoms with van der Waals surface area (Å²) in [5.41, 5.74) is 0. The number of aliphatic hydroxyl groups is 1. The van der Waals surface area contributed by atoms with Crippen molar-refractivity contribution in [1.29, 1.82) is 0 Å². The van der Waals surface area contributed by atoms with Gasteiger partial charge in [-0.2, -0.15) is 5.10 Å². The zero-order valence-corrected chi connectivity index (χ0v) is 10.4. The van der Waals surface area contributed by atoms with Crippen LogP contribution in [0.15, 0.2) is 6.33 Å². The number of nitrogens with zero attached hydrogens (tertiary/aromatic N) is 3. The van der Waals surface area contributed by atoms with E-state index in [1.165, 1.54) is 0 Å². The maximum absolute atomic E-state index is 11.3. The average Bonchev–Trinajstić information content (AvgIpc) is 2.71. The Morgan fingerprint density at radius 2 is 2.35 bits per heavy atom. The minimum absolute atomic E-state index is 0.00378. The molecule has 0 saturated carbocycles. The minimum atomic E-state index is -3.08. The number of aromatic nitrogens is 3. The van der Waals surface area contributed by atoms with Gasteiger partial charge in [-0.05, 0) is 0 Å². The summed E-state index contributed by atoms with van der Waals surface area (Å²) in [5.74, 6) is 0.561. The van der Waals surface area contributed by atoms with Crippen molar-refractivity contribution in [3.8, 4) is 0 Å². The third kappa shape index (κ3) is 3.24. The van der Waals surface area contributed by atoms with Gasteiger partial charge in [-0.1, -0.05) is 0 Å². The van der Waals surface area contributed by atoms with Crippen molar-refractivity contribution < 1.29 is 13.5 Å². The number of nitrogens with one attached hydrogen (secondary N) is 1. The molecule has 96 valence electrons. The molecule has 0 aromatic carbocycles. The van der Waals surface area contributed by atoms with Crippen LogP contribution in [0, 0.1) is 0 Å². The summed E-state index contributed by atoms with van der Waals surface area (Å²) >= 11 is 0. The smallest absolute Gasteiger partial charge is 0.154 e. The highest BCUT2D eigenvalue weighted by atomic mass is 32.2. The molecule has 2 heterocycles. The normalized spacial score (nSPS) is 27.4. The van der Waals surface area contributed by atoms with E-state index in [0.29, 0.717) is 18.8 Å². The van der Waals surface area contributed by atoms with Gasteiger partial charge >= 0.3 is 0 Å². The van der Waals surface area contributed by atoms with Crippen molar-refractivity contribution >= 4 is 9.84 Å². The Hall–Kier alpha value is -0.990. The van der Waals surface area contributed by atoms with Crippen molar-refractivity contribution in [2.45, 2.75) is 18.6 Å². The topological polar surface area (TPSA) is 97.1 Å². The lowest BCUT2D eigenvalue weighted by molar-refractivity contribution is 0.166. The fourth-order valence-corrected chi connectivity index (χ4v) is 3.67. The summed E-state index contributed by atoms with van der Waals surface area (Å²) in [6.07, 6.45) is 1.42. The van der Waals surface area contributed by atoms with Crippen LogP contribution in [0.5, 0.6) is 0 Å². The van der Waals surface area contributed by atoms with Crippen molar-refractivity contribution in [1.82, 2.24) is 20.1 Å². The number of hydrogen-bond acceptors (Lipinski definition) is 6. The Morgan fingerprint density at radius 1 is 1.59 bits per heavy atom. The summed E-state index contributed by atoms with van der Waals surface area (Å²) in [7, 11) is -1.29. The Bertz CT molecular complexity index is 484. The lowest BCUT2D eigenvalue weighted by Crippen LogP contribution is -2.40. The molecule has 0 spiro atoms. The zero-order chi connectivity index (χ0) is 12.5. The molecule has 1 aliphatic rings. The summed E-state index contributed by atoms with van der Waals surface area (Å²) < 4.78 is 24.1. The number of hydrogen-bond donors (Lipinski definition) is 2. The summed E-state index contributed by atoms with van der Waals surface area (Å²) in [4.78, 5) is 4.06. The molecule has 1 aromatic rings. The van der Waals surface area contributed by atoms with Crippen LogP contribution < -0.4 is 5.32 Å². The predicted octanol–water partition coefficient (Wildman–Crippen LogP) is -1.89. The van der Waals surface area contributed by atoms with Gasteiger partial charge in [0.25, 0.3) is 0 Å². The zero-order valence-electron chi connectivity index (χ0n) is 9.57. The van der Waals surface area contributed by atoms with Crippen molar-refractivity contribution in [3.63, 3.8) is 0 Å². The second-order valence-electron chi connectivity index (χ2n) is 4.29. The predicted molar refractivity (Wildman–Crippen MR) is 61.2 cm³/mol. The van der Waals surface area contributed by atoms with E-state index in [9.17, 15) is 13.5 Å². The molecule has 8 heteroatoms. The van der Waals surface area contributed by atoms with Crippen molar-refractivity contribution in [2.24, 2.45) is 7.05 Å². The van der Waals surface area contributed by atoms with Gasteiger partial charge in [0.05, 0.1) is 17.6 Å². The summed E-state index contributed by atoms with van der Waals surface area (Å²) in [5, 5.41) is 16.7. The van der Waals surface area contributed by atoms with Crippen LogP contribution in [0.2, 0.25) is 0 Å². The van der Waals surface area contributed by atoms with E-state index < -0.39 is 15.9 Å². The molecule has 7 nitrogen and oxygen atoms in total. The fourth-order valence-electron chi connectivity index (χ4n) is 1.89. The molecule has 17 heavy (non-hydrogen) atoms. The first kappa shape index (κ1) is 12.5. The highest BCUT2D eigenvalue weighted by Gasteiger charge is 2.35. The monoisotopic (exact) mass is 260 g/mol. The second-order valence-corrected chi connectivity index (χ2v) is 6.44. The number of sulfone groups is 1.